The highest BCUT2D eigenvalue weighted by atomic mass is 127. The number of nitrogens with one attached hydrogen (secondary N) is 1. The number of halogens is 1. The van der Waals surface area contributed by atoms with E-state index in [0.29, 0.717) is 5.92 Å². The zero-order valence-corrected chi connectivity index (χ0v) is 11.1. The molecular weight excluding hydrogens is 315 g/mol. The Morgan fingerprint density at radius 1 is 1.19 bits per heavy atom. The Balaban J connectivity index is 2.02. The summed E-state index contributed by atoms with van der Waals surface area (Å²) in [5.41, 5.74) is 1.76. The van der Waals surface area contributed by atoms with E-state index in [1.165, 1.54) is 32.1 Å². The van der Waals surface area contributed by atoms with E-state index in [-0.39, 0.29) is 0 Å². The van der Waals surface area contributed by atoms with Crippen LogP contribution >= 0.6 is 22.6 Å². The Morgan fingerprint density at radius 3 is 2.81 bits per heavy atom. The van der Waals surface area contributed by atoms with Crippen LogP contribution in [0.25, 0.3) is 11.2 Å². The first kappa shape index (κ1) is 10.4. The van der Waals surface area contributed by atoms with Gasteiger partial charge in [-0.15, -0.1) is 0 Å². The molecule has 5 heteroatoms. The van der Waals surface area contributed by atoms with Crippen LogP contribution in [0.3, 0.4) is 0 Å². The van der Waals surface area contributed by atoms with Crippen LogP contribution < -0.4 is 0 Å². The fourth-order valence-corrected chi connectivity index (χ4v) is 3.00. The van der Waals surface area contributed by atoms with E-state index < -0.39 is 0 Å². The minimum atomic E-state index is 0.545. The van der Waals surface area contributed by atoms with Gasteiger partial charge in [0.1, 0.15) is 15.0 Å². The van der Waals surface area contributed by atoms with Crippen molar-refractivity contribution < 1.29 is 0 Å². The summed E-state index contributed by atoms with van der Waals surface area (Å²) in [6.07, 6.45) is 8.12. The molecule has 1 N–H and O–H groups in total. The topological polar surface area (TPSA) is 54.5 Å². The molecular formula is C11H13IN4. The van der Waals surface area contributed by atoms with E-state index in [1.54, 1.807) is 6.33 Å². The minimum Gasteiger partial charge on any atom is -0.341 e. The Kier molecular flexibility index (Phi) is 2.79. The maximum atomic E-state index is 4.60. The Morgan fingerprint density at radius 2 is 2.00 bits per heavy atom. The molecule has 0 radical (unpaired) electrons. The number of aromatic nitrogens is 4. The van der Waals surface area contributed by atoms with Gasteiger partial charge in [0.25, 0.3) is 0 Å². The van der Waals surface area contributed by atoms with E-state index in [1.807, 2.05) is 0 Å². The molecule has 4 nitrogen and oxygen atoms in total. The van der Waals surface area contributed by atoms with Crippen molar-refractivity contribution in [1.29, 1.82) is 0 Å². The maximum Gasteiger partial charge on any atom is 0.181 e. The number of nitrogens with zero attached hydrogens (tertiary/aromatic N) is 3. The second-order valence-electron chi connectivity index (χ2n) is 4.31. The van der Waals surface area contributed by atoms with Crippen LogP contribution in [-0.4, -0.2) is 19.9 Å². The third kappa shape index (κ3) is 1.81. The van der Waals surface area contributed by atoms with Crippen molar-refractivity contribution in [2.24, 2.45) is 0 Å². The predicted octanol–water partition coefficient (Wildman–Crippen LogP) is 3.01. The number of fused-ring (bicyclic) bond motifs is 1. The molecule has 0 aromatic carbocycles. The summed E-state index contributed by atoms with van der Waals surface area (Å²) in [5, 5.41) is 0. The molecule has 2 aromatic heterocycles. The highest BCUT2D eigenvalue weighted by molar-refractivity contribution is 14.1. The van der Waals surface area contributed by atoms with Gasteiger partial charge in [-0.3, -0.25) is 0 Å². The first-order valence-electron chi connectivity index (χ1n) is 5.71. The van der Waals surface area contributed by atoms with Gasteiger partial charge in [-0.2, -0.15) is 0 Å². The number of aromatic amines is 1. The van der Waals surface area contributed by atoms with Crippen molar-refractivity contribution in [1.82, 2.24) is 19.9 Å². The fourth-order valence-electron chi connectivity index (χ4n) is 2.36. The van der Waals surface area contributed by atoms with Crippen molar-refractivity contribution in [3.63, 3.8) is 0 Å². The molecule has 2 heterocycles. The van der Waals surface area contributed by atoms with E-state index in [9.17, 15) is 0 Å². The third-order valence-corrected chi connectivity index (χ3v) is 4.01. The van der Waals surface area contributed by atoms with Crippen molar-refractivity contribution in [3.05, 3.63) is 15.9 Å². The largest absolute Gasteiger partial charge is 0.341 e. The zero-order valence-electron chi connectivity index (χ0n) is 8.91. The predicted molar refractivity (Wildman–Crippen MR) is 70.2 cm³/mol. The molecule has 3 rings (SSSR count). The Bertz CT molecular complexity index is 502. The molecule has 0 aliphatic heterocycles. The van der Waals surface area contributed by atoms with Gasteiger partial charge in [0.05, 0.1) is 6.33 Å². The smallest absolute Gasteiger partial charge is 0.181 e. The van der Waals surface area contributed by atoms with Gasteiger partial charge in [0.2, 0.25) is 0 Å². The van der Waals surface area contributed by atoms with Crippen molar-refractivity contribution in [3.8, 4) is 0 Å². The van der Waals surface area contributed by atoms with Gasteiger partial charge in [-0.25, -0.2) is 15.0 Å². The minimum absolute atomic E-state index is 0.545. The molecule has 84 valence electrons. The lowest BCUT2D eigenvalue weighted by atomic mass is 9.89. The summed E-state index contributed by atoms with van der Waals surface area (Å²) in [5.74, 6) is 1.53. The summed E-state index contributed by atoms with van der Waals surface area (Å²) < 4.78 is 0.987. The molecule has 1 aliphatic carbocycles. The van der Waals surface area contributed by atoms with Crippen LogP contribution in [0.1, 0.15) is 43.8 Å². The first-order chi connectivity index (χ1) is 7.84. The number of hydrogen-bond acceptors (Lipinski definition) is 3. The lowest BCUT2D eigenvalue weighted by Crippen LogP contribution is -2.09. The second-order valence-corrected chi connectivity index (χ2v) is 5.33. The average Bonchev–Trinajstić information content (AvgIpc) is 2.79. The van der Waals surface area contributed by atoms with Crippen LogP contribution in [-0.2, 0) is 0 Å². The van der Waals surface area contributed by atoms with Gasteiger partial charge < -0.3 is 4.98 Å². The molecule has 0 bridgehead atoms. The van der Waals surface area contributed by atoms with Gasteiger partial charge in [-0.1, -0.05) is 19.3 Å². The number of H-pyrrole nitrogens is 1. The van der Waals surface area contributed by atoms with Crippen molar-refractivity contribution in [2.75, 3.05) is 0 Å². The van der Waals surface area contributed by atoms with E-state index >= 15 is 0 Å². The molecule has 0 spiro atoms. The Hall–Kier alpha value is -0.720. The highest BCUT2D eigenvalue weighted by Crippen LogP contribution is 2.31. The third-order valence-electron chi connectivity index (χ3n) is 3.23. The Labute approximate surface area is 107 Å². The van der Waals surface area contributed by atoms with Gasteiger partial charge in [0, 0.05) is 5.92 Å². The fraction of sp³-hybridized carbons (Fsp3) is 0.545. The van der Waals surface area contributed by atoms with Gasteiger partial charge >= 0.3 is 0 Å². The second kappa shape index (κ2) is 4.27. The lowest BCUT2D eigenvalue weighted by molar-refractivity contribution is 0.429. The lowest BCUT2D eigenvalue weighted by Gasteiger charge is -2.19. The molecule has 16 heavy (non-hydrogen) atoms. The van der Waals surface area contributed by atoms with Gasteiger partial charge in [-0.05, 0) is 35.4 Å². The molecule has 2 aromatic rings. The monoisotopic (exact) mass is 328 g/mol. The average molecular weight is 328 g/mol. The van der Waals surface area contributed by atoms with Crippen LogP contribution in [0.15, 0.2) is 6.33 Å². The molecule has 1 fully saturated rings. The van der Waals surface area contributed by atoms with E-state index in [2.05, 4.69) is 42.5 Å². The normalized spacial score (nSPS) is 18.1. The molecule has 0 amide bonds. The highest BCUT2D eigenvalue weighted by Gasteiger charge is 2.19. The summed E-state index contributed by atoms with van der Waals surface area (Å²) in [7, 11) is 0. The quantitative estimate of drug-likeness (QED) is 0.647. The molecule has 1 aliphatic rings. The van der Waals surface area contributed by atoms with Gasteiger partial charge in [0.15, 0.2) is 5.65 Å². The van der Waals surface area contributed by atoms with Crippen LogP contribution in [0.4, 0.5) is 0 Å². The number of hydrogen-bond donors (Lipinski definition) is 1. The maximum absolute atomic E-state index is 4.60. The van der Waals surface area contributed by atoms with E-state index in [0.717, 1.165) is 20.7 Å². The van der Waals surface area contributed by atoms with Crippen LogP contribution in [0.5, 0.6) is 0 Å². The summed E-state index contributed by atoms with van der Waals surface area (Å²) in [6.45, 7) is 0. The number of imidazole rings is 1. The zero-order chi connectivity index (χ0) is 11.0. The molecule has 1 saturated carbocycles. The summed E-state index contributed by atoms with van der Waals surface area (Å²) in [6, 6.07) is 0. The molecule has 0 atom stereocenters. The first-order valence-corrected chi connectivity index (χ1v) is 6.79. The molecule has 0 unspecified atom stereocenters. The standard InChI is InChI=1S/C11H13IN4/c12-9-8-11(14-6-13-8)16-10(15-9)7-4-2-1-3-5-7/h6-7H,1-5H2,(H,13,14,15,16). The number of rotatable bonds is 1. The summed E-state index contributed by atoms with van der Waals surface area (Å²) >= 11 is 2.25. The summed E-state index contributed by atoms with van der Waals surface area (Å²) in [4.78, 5) is 16.5. The molecule has 0 saturated heterocycles. The van der Waals surface area contributed by atoms with Crippen LogP contribution in [0, 0.1) is 3.70 Å². The SMILES string of the molecule is Ic1nc(C2CCCCC2)nc2nc[nH]c12. The van der Waals surface area contributed by atoms with E-state index in [4.69, 9.17) is 0 Å². The van der Waals surface area contributed by atoms with Crippen molar-refractivity contribution in [2.45, 2.75) is 38.0 Å². The van der Waals surface area contributed by atoms with Crippen molar-refractivity contribution >= 4 is 33.8 Å². The van der Waals surface area contributed by atoms with Crippen LogP contribution in [0.2, 0.25) is 0 Å².